The lowest BCUT2D eigenvalue weighted by Crippen LogP contribution is -2.48. The van der Waals surface area contributed by atoms with Crippen LogP contribution in [0, 0.1) is 0 Å². The number of imide groups is 1. The van der Waals surface area contributed by atoms with E-state index >= 15 is 0 Å². The van der Waals surface area contributed by atoms with Crippen molar-refractivity contribution in [3.05, 3.63) is 65.7 Å². The summed E-state index contributed by atoms with van der Waals surface area (Å²) in [5.41, 5.74) is 0.936. The molecule has 0 bridgehead atoms. The zero-order chi connectivity index (χ0) is 21.3. The van der Waals surface area contributed by atoms with Gasteiger partial charge in [-0.3, -0.25) is 14.6 Å². The maximum Gasteiger partial charge on any atom is 0.325 e. The maximum atomic E-state index is 13.5. The molecule has 0 aliphatic carbocycles. The van der Waals surface area contributed by atoms with Crippen LogP contribution in [0.2, 0.25) is 0 Å². The number of ether oxygens (including phenoxy) is 2. The summed E-state index contributed by atoms with van der Waals surface area (Å²) in [6.45, 7) is 3.71. The van der Waals surface area contributed by atoms with Crippen LogP contribution in [-0.4, -0.2) is 60.7 Å². The Morgan fingerprint density at radius 2 is 1.84 bits per heavy atom. The molecule has 5 rings (SSSR count). The molecular weight excluding hydrogens is 394 g/mol. The van der Waals surface area contributed by atoms with Crippen LogP contribution in [0.15, 0.2) is 54.6 Å². The van der Waals surface area contributed by atoms with Crippen LogP contribution in [0.25, 0.3) is 0 Å². The predicted octanol–water partition coefficient (Wildman–Crippen LogP) is 2.51. The Hall–Kier alpha value is -2.90. The predicted molar refractivity (Wildman–Crippen MR) is 115 cm³/mol. The van der Waals surface area contributed by atoms with Gasteiger partial charge in [-0.2, -0.15) is 0 Å². The van der Waals surface area contributed by atoms with E-state index in [2.05, 4.69) is 22.3 Å². The highest BCUT2D eigenvalue weighted by Gasteiger charge is 2.55. The first kappa shape index (κ1) is 20.0. The molecule has 3 heterocycles. The molecule has 31 heavy (non-hydrogen) atoms. The van der Waals surface area contributed by atoms with Gasteiger partial charge in [-0.1, -0.05) is 48.5 Å². The molecule has 3 aliphatic heterocycles. The molecule has 0 unspecified atom stereocenters. The van der Waals surface area contributed by atoms with E-state index in [1.807, 2.05) is 42.5 Å². The van der Waals surface area contributed by atoms with Crippen LogP contribution in [0.1, 0.15) is 24.0 Å². The largest absolute Gasteiger partial charge is 0.493 e. The third-order valence-electron chi connectivity index (χ3n) is 6.33. The highest BCUT2D eigenvalue weighted by molar-refractivity contribution is 6.08. The Morgan fingerprint density at radius 1 is 1.03 bits per heavy atom. The number of carbonyl (C=O) groups excluding carboxylic acids is 2. The fourth-order valence-electron chi connectivity index (χ4n) is 4.81. The lowest BCUT2D eigenvalue weighted by atomic mass is 9.84. The highest BCUT2D eigenvalue weighted by atomic mass is 16.5. The standard InChI is InChI=1S/C24H27N3O4/c28-22-24(11-14-31-21-10-5-4-9-20(21)24)25-23(29)27(22)17-19-16-26(12-6-13-30-19)15-18-7-2-1-3-8-18/h1-5,7-10,19H,6,11-17H2,(H,25,29)/t19-,24-/m0/s1. The van der Waals surface area contributed by atoms with Crippen LogP contribution < -0.4 is 10.1 Å². The fraction of sp³-hybridized carbons (Fsp3) is 0.417. The minimum Gasteiger partial charge on any atom is -0.493 e. The summed E-state index contributed by atoms with van der Waals surface area (Å²) >= 11 is 0. The summed E-state index contributed by atoms with van der Waals surface area (Å²) in [4.78, 5) is 30.1. The molecule has 7 heteroatoms. The van der Waals surface area contributed by atoms with Gasteiger partial charge in [0.2, 0.25) is 0 Å². The van der Waals surface area contributed by atoms with E-state index in [1.165, 1.54) is 10.5 Å². The summed E-state index contributed by atoms with van der Waals surface area (Å²) < 4.78 is 11.7. The quantitative estimate of drug-likeness (QED) is 0.769. The summed E-state index contributed by atoms with van der Waals surface area (Å²) in [5.74, 6) is 0.444. The van der Waals surface area contributed by atoms with Gasteiger partial charge in [0.15, 0.2) is 5.54 Å². The van der Waals surface area contributed by atoms with Gasteiger partial charge in [0.05, 0.1) is 19.3 Å². The molecule has 3 aliphatic rings. The van der Waals surface area contributed by atoms with Crippen molar-refractivity contribution in [2.75, 3.05) is 32.8 Å². The summed E-state index contributed by atoms with van der Waals surface area (Å²) in [5, 5.41) is 2.97. The number of nitrogens with one attached hydrogen (secondary N) is 1. The molecule has 2 aromatic rings. The number of amides is 3. The number of hydrogen-bond donors (Lipinski definition) is 1. The number of rotatable bonds is 4. The molecule has 0 saturated carbocycles. The third-order valence-corrected chi connectivity index (χ3v) is 6.33. The van der Waals surface area contributed by atoms with Crippen molar-refractivity contribution < 1.29 is 19.1 Å². The number of hydrogen-bond acceptors (Lipinski definition) is 5. The molecular formula is C24H27N3O4. The molecule has 3 amide bonds. The minimum absolute atomic E-state index is 0.212. The van der Waals surface area contributed by atoms with Gasteiger partial charge in [0.1, 0.15) is 5.75 Å². The first-order valence-electron chi connectivity index (χ1n) is 10.9. The average molecular weight is 421 g/mol. The molecule has 2 atom stereocenters. The molecule has 2 fully saturated rings. The Labute approximate surface area is 181 Å². The second kappa shape index (κ2) is 8.32. The number of fused-ring (bicyclic) bond motifs is 2. The highest BCUT2D eigenvalue weighted by Crippen LogP contribution is 2.41. The monoisotopic (exact) mass is 421 g/mol. The van der Waals surface area contributed by atoms with Crippen LogP contribution in [0.4, 0.5) is 4.79 Å². The van der Waals surface area contributed by atoms with Gasteiger partial charge in [-0.25, -0.2) is 4.79 Å². The molecule has 0 radical (unpaired) electrons. The first-order chi connectivity index (χ1) is 15.2. The normalized spacial score (nSPS) is 26.3. The van der Waals surface area contributed by atoms with Crippen molar-refractivity contribution >= 4 is 11.9 Å². The molecule has 2 aromatic carbocycles. The van der Waals surface area contributed by atoms with Crippen LogP contribution in [0.5, 0.6) is 5.75 Å². The third kappa shape index (κ3) is 3.79. The van der Waals surface area contributed by atoms with Gasteiger partial charge >= 0.3 is 6.03 Å². The number of nitrogens with zero attached hydrogens (tertiary/aromatic N) is 2. The van der Waals surface area contributed by atoms with E-state index in [1.54, 1.807) is 0 Å². The molecule has 1 spiro atoms. The number of para-hydroxylation sites is 1. The first-order valence-corrected chi connectivity index (χ1v) is 10.9. The van der Waals surface area contributed by atoms with E-state index < -0.39 is 5.54 Å². The van der Waals surface area contributed by atoms with Crippen LogP contribution in [-0.2, 0) is 21.6 Å². The summed E-state index contributed by atoms with van der Waals surface area (Å²) in [6, 6.07) is 17.4. The van der Waals surface area contributed by atoms with Gasteiger partial charge in [-0.05, 0) is 18.1 Å². The van der Waals surface area contributed by atoms with E-state index in [0.717, 1.165) is 25.1 Å². The van der Waals surface area contributed by atoms with Crippen molar-refractivity contribution in [2.45, 2.75) is 31.0 Å². The smallest absolute Gasteiger partial charge is 0.325 e. The van der Waals surface area contributed by atoms with E-state index in [9.17, 15) is 9.59 Å². The Balaban J connectivity index is 1.32. The van der Waals surface area contributed by atoms with Crippen LogP contribution >= 0.6 is 0 Å². The van der Waals surface area contributed by atoms with Crippen molar-refractivity contribution in [3.63, 3.8) is 0 Å². The number of benzene rings is 2. The summed E-state index contributed by atoms with van der Waals surface area (Å²) in [7, 11) is 0. The molecule has 2 saturated heterocycles. The van der Waals surface area contributed by atoms with Crippen molar-refractivity contribution in [1.82, 2.24) is 15.1 Å². The zero-order valence-corrected chi connectivity index (χ0v) is 17.5. The second-order valence-electron chi connectivity index (χ2n) is 8.41. The molecule has 1 N–H and O–H groups in total. The Bertz CT molecular complexity index is 966. The van der Waals surface area contributed by atoms with Gasteiger partial charge in [-0.15, -0.1) is 0 Å². The SMILES string of the molecule is O=C1N[C@]2(CCOc3ccccc32)C(=O)N1C[C@@H]1CN(Cc2ccccc2)CCCO1. The lowest BCUT2D eigenvalue weighted by molar-refractivity contribution is -0.134. The summed E-state index contributed by atoms with van der Waals surface area (Å²) in [6.07, 6.45) is 1.14. The van der Waals surface area contributed by atoms with Crippen molar-refractivity contribution in [3.8, 4) is 5.75 Å². The maximum absolute atomic E-state index is 13.5. The van der Waals surface area contributed by atoms with E-state index in [0.29, 0.717) is 31.9 Å². The topological polar surface area (TPSA) is 71.1 Å². The van der Waals surface area contributed by atoms with Gasteiger partial charge < -0.3 is 14.8 Å². The van der Waals surface area contributed by atoms with Crippen LogP contribution in [0.3, 0.4) is 0 Å². The Kier molecular flexibility index (Phi) is 5.38. The number of carbonyl (C=O) groups is 2. The van der Waals surface area contributed by atoms with Crippen molar-refractivity contribution in [1.29, 1.82) is 0 Å². The molecule has 0 aromatic heterocycles. The second-order valence-corrected chi connectivity index (χ2v) is 8.41. The fourth-order valence-corrected chi connectivity index (χ4v) is 4.81. The Morgan fingerprint density at radius 3 is 2.71 bits per heavy atom. The zero-order valence-electron chi connectivity index (χ0n) is 17.5. The lowest BCUT2D eigenvalue weighted by Gasteiger charge is -2.33. The van der Waals surface area contributed by atoms with Gasteiger partial charge in [0.25, 0.3) is 5.91 Å². The van der Waals surface area contributed by atoms with E-state index in [4.69, 9.17) is 9.47 Å². The molecule has 162 valence electrons. The van der Waals surface area contributed by atoms with Gasteiger partial charge in [0, 0.05) is 38.2 Å². The molecule has 7 nitrogen and oxygen atoms in total. The average Bonchev–Trinajstić information content (AvgIpc) is 2.93. The van der Waals surface area contributed by atoms with Crippen molar-refractivity contribution in [2.24, 2.45) is 0 Å². The van der Waals surface area contributed by atoms with E-state index in [-0.39, 0.29) is 24.6 Å². The number of urea groups is 1. The minimum atomic E-state index is -1.04.